The number of ketones is 1. The number of aliphatic hydroxyl groups excluding tert-OH is 1. The molecule has 0 saturated carbocycles. The van der Waals surface area contributed by atoms with Gasteiger partial charge in [-0.25, -0.2) is 14.8 Å². The topological polar surface area (TPSA) is 113 Å². The van der Waals surface area contributed by atoms with Gasteiger partial charge in [-0.1, -0.05) is 19.1 Å². The molecule has 2 fully saturated rings. The van der Waals surface area contributed by atoms with Crippen LogP contribution in [0.2, 0.25) is 0 Å². The summed E-state index contributed by atoms with van der Waals surface area (Å²) in [6.45, 7) is 4.88. The van der Waals surface area contributed by atoms with Gasteiger partial charge < -0.3 is 20.6 Å². The third-order valence-electron chi connectivity index (χ3n) is 7.89. The molecule has 0 atom stereocenters. The van der Waals surface area contributed by atoms with Gasteiger partial charge in [-0.05, 0) is 65.8 Å². The first-order chi connectivity index (χ1) is 18.3. The minimum Gasteiger partial charge on any atom is -0.398 e. The molecule has 0 spiro atoms. The maximum Gasteiger partial charge on any atom is 0.320 e. The van der Waals surface area contributed by atoms with Crippen molar-refractivity contribution in [2.24, 2.45) is 5.41 Å². The molecule has 38 heavy (non-hydrogen) atoms. The van der Waals surface area contributed by atoms with Gasteiger partial charge in [0.2, 0.25) is 0 Å². The Bertz CT molecular complexity index is 1260. The number of aromatic nitrogens is 2. The predicted octanol–water partition coefficient (Wildman–Crippen LogP) is 4.43. The van der Waals surface area contributed by atoms with Crippen LogP contribution in [0.15, 0.2) is 48.1 Å². The number of carbonyl (C=O) groups is 2. The number of carbonyl (C=O) groups excluding carboxylic acids is 2. The SMILES string of the molecule is CC1(Cc2ncc(C(=O)Cc3cc(-c4cccs4)ccc3N)cn2)CCN(C(=O)N2CCC(O)CC2)CC1. The molecule has 5 rings (SSSR count). The van der Waals surface area contributed by atoms with Gasteiger partial charge in [0.05, 0.1) is 11.7 Å². The van der Waals surface area contributed by atoms with Crippen molar-refractivity contribution in [3.63, 3.8) is 0 Å². The molecule has 4 heterocycles. The minimum atomic E-state index is -0.286. The fourth-order valence-corrected chi connectivity index (χ4v) is 6.00. The number of urea groups is 1. The number of thiophene rings is 1. The van der Waals surface area contributed by atoms with Gasteiger partial charge in [-0.15, -0.1) is 11.3 Å². The van der Waals surface area contributed by atoms with Crippen LogP contribution in [0.1, 0.15) is 54.4 Å². The number of benzene rings is 1. The second kappa shape index (κ2) is 11.2. The van der Waals surface area contributed by atoms with Crippen molar-refractivity contribution in [2.45, 2.75) is 51.6 Å². The molecule has 2 amide bonds. The summed E-state index contributed by atoms with van der Waals surface area (Å²) in [4.78, 5) is 39.8. The number of likely N-dealkylation sites (tertiary alicyclic amines) is 2. The molecule has 1 aromatic carbocycles. The Morgan fingerprint density at radius 3 is 2.42 bits per heavy atom. The molecular weight excluding hydrogens is 498 g/mol. The molecule has 2 saturated heterocycles. The largest absolute Gasteiger partial charge is 0.398 e. The van der Waals surface area contributed by atoms with Crippen molar-refractivity contribution in [2.75, 3.05) is 31.9 Å². The Hall–Kier alpha value is -3.30. The molecular formula is C29H35N5O3S. The lowest BCUT2D eigenvalue weighted by Gasteiger charge is -2.42. The number of nitrogen functional groups attached to an aromatic ring is 1. The minimum absolute atomic E-state index is 0.00290. The molecule has 9 heteroatoms. The van der Waals surface area contributed by atoms with E-state index in [1.807, 2.05) is 39.4 Å². The van der Waals surface area contributed by atoms with Crippen LogP contribution in [0.25, 0.3) is 10.4 Å². The third kappa shape index (κ3) is 6.05. The van der Waals surface area contributed by atoms with E-state index in [1.54, 1.807) is 23.7 Å². The Labute approximate surface area is 227 Å². The second-order valence-corrected chi connectivity index (χ2v) is 11.8. The van der Waals surface area contributed by atoms with Gasteiger partial charge in [0.1, 0.15) is 5.82 Å². The summed E-state index contributed by atoms with van der Waals surface area (Å²) in [5.41, 5.74) is 9.11. The zero-order valence-corrected chi connectivity index (χ0v) is 22.6. The van der Waals surface area contributed by atoms with E-state index in [4.69, 9.17) is 5.73 Å². The lowest BCUT2D eigenvalue weighted by Crippen LogP contribution is -2.51. The summed E-state index contributed by atoms with van der Waals surface area (Å²) in [5.74, 6) is 0.655. The number of aliphatic hydroxyl groups is 1. The number of hydrogen-bond acceptors (Lipinski definition) is 7. The third-order valence-corrected chi connectivity index (χ3v) is 8.81. The van der Waals surface area contributed by atoms with E-state index < -0.39 is 0 Å². The van der Waals surface area contributed by atoms with Crippen LogP contribution in [0.5, 0.6) is 0 Å². The molecule has 3 aromatic rings. The van der Waals surface area contributed by atoms with Crippen molar-refractivity contribution in [1.82, 2.24) is 19.8 Å². The van der Waals surface area contributed by atoms with Gasteiger partial charge in [-0.2, -0.15) is 0 Å². The highest BCUT2D eigenvalue weighted by molar-refractivity contribution is 7.13. The zero-order valence-electron chi connectivity index (χ0n) is 21.8. The number of rotatable bonds is 6. The van der Waals surface area contributed by atoms with Crippen molar-refractivity contribution < 1.29 is 14.7 Å². The molecule has 0 unspecified atom stereocenters. The average Bonchev–Trinajstić information content (AvgIpc) is 3.46. The molecule has 200 valence electrons. The highest BCUT2D eigenvalue weighted by Crippen LogP contribution is 2.34. The molecule has 8 nitrogen and oxygen atoms in total. The Morgan fingerprint density at radius 1 is 1.08 bits per heavy atom. The summed E-state index contributed by atoms with van der Waals surface area (Å²) in [7, 11) is 0. The van der Waals surface area contributed by atoms with Crippen molar-refractivity contribution in [3.8, 4) is 10.4 Å². The van der Waals surface area contributed by atoms with Gasteiger partial charge in [-0.3, -0.25) is 4.79 Å². The van der Waals surface area contributed by atoms with E-state index in [-0.39, 0.29) is 29.8 Å². The van der Waals surface area contributed by atoms with E-state index in [0.29, 0.717) is 62.5 Å². The molecule has 0 aliphatic carbocycles. The highest BCUT2D eigenvalue weighted by atomic mass is 32.1. The molecule has 2 aliphatic rings. The Morgan fingerprint density at radius 2 is 1.76 bits per heavy atom. The first kappa shape index (κ1) is 26.3. The molecule has 0 bridgehead atoms. The quantitative estimate of drug-likeness (QED) is 0.358. The van der Waals surface area contributed by atoms with Crippen molar-refractivity contribution in [3.05, 3.63) is 65.1 Å². The lowest BCUT2D eigenvalue weighted by molar-refractivity contribution is 0.0677. The van der Waals surface area contributed by atoms with Gasteiger partial charge in [0.25, 0.3) is 0 Å². The normalized spacial score (nSPS) is 17.9. The van der Waals surface area contributed by atoms with Gasteiger partial charge in [0.15, 0.2) is 5.78 Å². The highest BCUT2D eigenvalue weighted by Gasteiger charge is 2.35. The predicted molar refractivity (Wildman–Crippen MR) is 149 cm³/mol. The van der Waals surface area contributed by atoms with Crippen LogP contribution in [0.3, 0.4) is 0 Å². The number of nitrogens with zero attached hydrogens (tertiary/aromatic N) is 4. The maximum absolute atomic E-state index is 13.0. The fourth-order valence-electron chi connectivity index (χ4n) is 5.27. The van der Waals surface area contributed by atoms with E-state index >= 15 is 0 Å². The number of piperidine rings is 2. The van der Waals surface area contributed by atoms with E-state index in [1.165, 1.54) is 0 Å². The molecule has 2 aliphatic heterocycles. The first-order valence-electron chi connectivity index (χ1n) is 13.3. The summed E-state index contributed by atoms with van der Waals surface area (Å²) in [6.07, 6.45) is 6.92. The van der Waals surface area contributed by atoms with Crippen LogP contribution in [-0.4, -0.2) is 69.0 Å². The second-order valence-electron chi connectivity index (χ2n) is 10.9. The molecule has 2 aromatic heterocycles. The standard InChI is InChI=1S/C29H35N5O3S/c1-29(8-12-34(13-9-29)28(37)33-10-6-23(35)7-11-33)17-27-31-18-22(19-32-27)25(36)16-21-15-20(4-5-24(21)30)26-3-2-14-38-26/h2-5,14-15,18-19,23,35H,6-13,16-17,30H2,1H3. The van der Waals surface area contributed by atoms with Gasteiger partial charge in [0, 0.05) is 62.0 Å². The van der Waals surface area contributed by atoms with Crippen LogP contribution >= 0.6 is 11.3 Å². The van der Waals surface area contributed by atoms with Crippen molar-refractivity contribution >= 4 is 28.8 Å². The van der Waals surface area contributed by atoms with Crippen LogP contribution in [-0.2, 0) is 12.8 Å². The van der Waals surface area contributed by atoms with Crippen LogP contribution in [0, 0.1) is 5.41 Å². The zero-order chi connectivity index (χ0) is 26.7. The molecule has 3 N–H and O–H groups in total. The maximum atomic E-state index is 13.0. The average molecular weight is 534 g/mol. The van der Waals surface area contributed by atoms with E-state index in [0.717, 1.165) is 28.8 Å². The monoisotopic (exact) mass is 533 g/mol. The van der Waals surface area contributed by atoms with Crippen molar-refractivity contribution in [1.29, 1.82) is 0 Å². The number of amides is 2. The van der Waals surface area contributed by atoms with Crippen LogP contribution < -0.4 is 5.73 Å². The molecule has 0 radical (unpaired) electrons. The number of hydrogen-bond donors (Lipinski definition) is 2. The van der Waals surface area contributed by atoms with Gasteiger partial charge >= 0.3 is 6.03 Å². The summed E-state index contributed by atoms with van der Waals surface area (Å²) in [6, 6.07) is 9.96. The van der Waals surface area contributed by atoms with Crippen LogP contribution in [0.4, 0.5) is 10.5 Å². The summed E-state index contributed by atoms with van der Waals surface area (Å²) >= 11 is 1.65. The first-order valence-corrected chi connectivity index (χ1v) is 14.2. The van der Waals surface area contributed by atoms with E-state index in [9.17, 15) is 14.7 Å². The number of nitrogens with two attached hydrogens (primary N) is 1. The van der Waals surface area contributed by atoms with E-state index in [2.05, 4.69) is 23.0 Å². The number of anilines is 1. The summed E-state index contributed by atoms with van der Waals surface area (Å²) < 4.78 is 0. The number of Topliss-reactive ketones (excluding diaryl/α,β-unsaturated/α-hetero) is 1. The lowest BCUT2D eigenvalue weighted by atomic mass is 9.77. The summed E-state index contributed by atoms with van der Waals surface area (Å²) in [5, 5.41) is 11.7. The fraction of sp³-hybridized carbons (Fsp3) is 0.448. The smallest absolute Gasteiger partial charge is 0.320 e. The Balaban J connectivity index is 1.16. The Kier molecular flexibility index (Phi) is 7.76.